The van der Waals surface area contributed by atoms with Crippen molar-refractivity contribution in [3.8, 4) is 0 Å². The predicted octanol–water partition coefficient (Wildman–Crippen LogP) is 2.99. The number of rotatable bonds is 7. The molecule has 1 fully saturated rings. The molecule has 0 atom stereocenters. The smallest absolute Gasteiger partial charge is 0.0644 e. The lowest BCUT2D eigenvalue weighted by molar-refractivity contribution is -0.0147. The van der Waals surface area contributed by atoms with Crippen LogP contribution in [-0.2, 0) is 9.47 Å². The topological polar surface area (TPSA) is 18.5 Å². The minimum Gasteiger partial charge on any atom is -0.381 e. The molecule has 1 rings (SSSR count). The summed E-state index contributed by atoms with van der Waals surface area (Å²) in [6.07, 6.45) is 3.58. The van der Waals surface area contributed by atoms with Gasteiger partial charge in [0.05, 0.1) is 12.2 Å². The van der Waals surface area contributed by atoms with Crippen molar-refractivity contribution in [2.24, 2.45) is 5.41 Å². The van der Waals surface area contributed by atoms with Crippen molar-refractivity contribution in [2.75, 3.05) is 25.7 Å². The van der Waals surface area contributed by atoms with Gasteiger partial charge in [-0.25, -0.2) is 0 Å². The average Bonchev–Trinajstić information content (AvgIpc) is 2.94. The maximum absolute atomic E-state index is 5.68. The van der Waals surface area contributed by atoms with Crippen molar-refractivity contribution in [2.45, 2.75) is 38.7 Å². The number of methoxy groups -OCH3 is 1. The maximum atomic E-state index is 5.68. The molecule has 0 bridgehead atoms. The zero-order chi connectivity index (χ0) is 10.7. The van der Waals surface area contributed by atoms with Crippen LogP contribution in [0, 0.1) is 5.41 Å². The second kappa shape index (κ2) is 4.95. The van der Waals surface area contributed by atoms with Gasteiger partial charge in [-0.15, -0.1) is 0 Å². The van der Waals surface area contributed by atoms with Gasteiger partial charge in [-0.2, -0.15) is 0 Å². The fourth-order valence-electron chi connectivity index (χ4n) is 1.20. The summed E-state index contributed by atoms with van der Waals surface area (Å²) in [5, 5.41) is 1.08. The van der Waals surface area contributed by atoms with Crippen LogP contribution in [0.4, 0.5) is 0 Å². The molecule has 0 amide bonds. The van der Waals surface area contributed by atoms with E-state index in [1.807, 2.05) is 0 Å². The molecule has 0 radical (unpaired) electrons. The maximum Gasteiger partial charge on any atom is 0.0644 e. The zero-order valence-corrected chi connectivity index (χ0v) is 11.0. The van der Waals surface area contributed by atoms with Gasteiger partial charge < -0.3 is 9.47 Å². The van der Waals surface area contributed by atoms with Crippen molar-refractivity contribution in [1.82, 2.24) is 0 Å². The van der Waals surface area contributed by atoms with E-state index in [2.05, 4.69) is 29.8 Å². The molecule has 3 heteroatoms. The van der Waals surface area contributed by atoms with E-state index in [4.69, 9.17) is 9.47 Å². The van der Waals surface area contributed by atoms with Crippen LogP contribution in [0.5, 0.6) is 0 Å². The molecule has 2 nitrogen and oxygen atoms in total. The third kappa shape index (κ3) is 3.87. The fraction of sp³-hybridized carbons (Fsp3) is 1.00. The van der Waals surface area contributed by atoms with Crippen LogP contribution in [0.15, 0.2) is 0 Å². The highest BCUT2D eigenvalue weighted by atomic mass is 79.9. The third-order valence-corrected chi connectivity index (χ3v) is 4.24. The van der Waals surface area contributed by atoms with Crippen molar-refractivity contribution in [1.29, 1.82) is 0 Å². The summed E-state index contributed by atoms with van der Waals surface area (Å²) in [7, 11) is 1.75. The van der Waals surface area contributed by atoms with Crippen LogP contribution >= 0.6 is 15.9 Å². The lowest BCUT2D eigenvalue weighted by Crippen LogP contribution is -2.25. The summed E-state index contributed by atoms with van der Waals surface area (Å²) >= 11 is 3.53. The molecular weight excluding hydrogens is 244 g/mol. The first kappa shape index (κ1) is 12.5. The van der Waals surface area contributed by atoms with E-state index >= 15 is 0 Å². The minimum absolute atomic E-state index is 0.0505. The van der Waals surface area contributed by atoms with Crippen LogP contribution in [-0.4, -0.2) is 31.3 Å². The highest BCUT2D eigenvalue weighted by Crippen LogP contribution is 2.47. The Hall–Kier alpha value is 0.400. The van der Waals surface area contributed by atoms with Gasteiger partial charge in [0.15, 0.2) is 0 Å². The van der Waals surface area contributed by atoms with Gasteiger partial charge in [0.1, 0.15) is 0 Å². The molecular formula is C11H21BrO2. The molecule has 0 N–H and O–H groups in total. The Morgan fingerprint density at radius 2 is 2.00 bits per heavy atom. The Morgan fingerprint density at radius 3 is 2.43 bits per heavy atom. The molecule has 0 aromatic carbocycles. The van der Waals surface area contributed by atoms with Gasteiger partial charge in [-0.05, 0) is 33.1 Å². The summed E-state index contributed by atoms with van der Waals surface area (Å²) < 4.78 is 11.0. The van der Waals surface area contributed by atoms with Crippen molar-refractivity contribution in [3.63, 3.8) is 0 Å². The van der Waals surface area contributed by atoms with Crippen LogP contribution in [0.2, 0.25) is 0 Å². The number of halogens is 1. The Labute approximate surface area is 95.5 Å². The van der Waals surface area contributed by atoms with Crippen molar-refractivity contribution < 1.29 is 9.47 Å². The second-order valence-electron chi connectivity index (χ2n) is 4.90. The molecule has 0 spiro atoms. The lowest BCUT2D eigenvalue weighted by atomic mass is 10.1. The predicted molar refractivity (Wildman–Crippen MR) is 62.0 cm³/mol. The van der Waals surface area contributed by atoms with E-state index in [1.165, 1.54) is 12.8 Å². The first-order valence-corrected chi connectivity index (χ1v) is 6.35. The zero-order valence-electron chi connectivity index (χ0n) is 9.44. The quantitative estimate of drug-likeness (QED) is 0.520. The molecule has 0 aromatic heterocycles. The summed E-state index contributed by atoms with van der Waals surface area (Å²) in [4.78, 5) is 0. The van der Waals surface area contributed by atoms with Gasteiger partial charge in [0.25, 0.3) is 0 Å². The minimum atomic E-state index is -0.0505. The van der Waals surface area contributed by atoms with Gasteiger partial charge in [-0.1, -0.05) is 15.9 Å². The normalized spacial score (nSPS) is 19.7. The Balaban J connectivity index is 2.05. The third-order valence-electron chi connectivity index (χ3n) is 3.05. The fourth-order valence-corrected chi connectivity index (χ4v) is 1.92. The first-order chi connectivity index (χ1) is 6.54. The molecule has 1 aliphatic rings. The van der Waals surface area contributed by atoms with Gasteiger partial charge >= 0.3 is 0 Å². The molecule has 1 saturated carbocycles. The standard InChI is InChI=1S/C11H21BrO2/c1-10(2,13-3)6-7-14-9-11(8-12)4-5-11/h4-9H2,1-3H3. The lowest BCUT2D eigenvalue weighted by Gasteiger charge is -2.23. The summed E-state index contributed by atoms with van der Waals surface area (Å²) in [5.41, 5.74) is 0.419. The largest absolute Gasteiger partial charge is 0.381 e. The molecule has 0 aliphatic heterocycles. The summed E-state index contributed by atoms with van der Waals surface area (Å²) in [6.45, 7) is 5.88. The monoisotopic (exact) mass is 264 g/mol. The van der Waals surface area contributed by atoms with Gasteiger partial charge in [0.2, 0.25) is 0 Å². The number of ether oxygens (including phenoxy) is 2. The van der Waals surface area contributed by atoms with Crippen molar-refractivity contribution in [3.05, 3.63) is 0 Å². The average molecular weight is 265 g/mol. The van der Waals surface area contributed by atoms with E-state index in [0.29, 0.717) is 5.41 Å². The number of alkyl halides is 1. The summed E-state index contributed by atoms with van der Waals surface area (Å²) in [5.74, 6) is 0. The molecule has 1 aliphatic carbocycles. The number of hydrogen-bond acceptors (Lipinski definition) is 2. The van der Waals surface area contributed by atoms with Gasteiger partial charge in [-0.3, -0.25) is 0 Å². The number of hydrogen-bond donors (Lipinski definition) is 0. The van der Waals surface area contributed by atoms with E-state index in [9.17, 15) is 0 Å². The highest BCUT2D eigenvalue weighted by Gasteiger charge is 2.41. The van der Waals surface area contributed by atoms with Crippen LogP contribution in [0.25, 0.3) is 0 Å². The molecule has 0 aromatic rings. The first-order valence-electron chi connectivity index (χ1n) is 5.22. The highest BCUT2D eigenvalue weighted by molar-refractivity contribution is 9.09. The Morgan fingerprint density at radius 1 is 1.36 bits per heavy atom. The molecule has 14 heavy (non-hydrogen) atoms. The van der Waals surface area contributed by atoms with Crippen LogP contribution in [0.1, 0.15) is 33.1 Å². The van der Waals surface area contributed by atoms with Crippen LogP contribution in [0.3, 0.4) is 0 Å². The van der Waals surface area contributed by atoms with Gasteiger partial charge in [0, 0.05) is 24.5 Å². The van der Waals surface area contributed by atoms with E-state index < -0.39 is 0 Å². The van der Waals surface area contributed by atoms with E-state index in [1.54, 1.807) is 7.11 Å². The van der Waals surface area contributed by atoms with E-state index in [-0.39, 0.29) is 5.60 Å². The SMILES string of the molecule is COC(C)(C)CCOCC1(CBr)CC1. The molecule has 84 valence electrons. The molecule has 0 heterocycles. The van der Waals surface area contributed by atoms with E-state index in [0.717, 1.165) is 25.0 Å². The molecule has 0 unspecified atom stereocenters. The Bertz CT molecular complexity index is 168. The molecule has 0 saturated heterocycles. The Kier molecular flexibility index (Phi) is 4.41. The van der Waals surface area contributed by atoms with Crippen LogP contribution < -0.4 is 0 Å². The second-order valence-corrected chi connectivity index (χ2v) is 5.46. The summed E-state index contributed by atoms with van der Waals surface area (Å²) in [6, 6.07) is 0. The van der Waals surface area contributed by atoms with Crippen molar-refractivity contribution >= 4 is 15.9 Å².